The van der Waals surface area contributed by atoms with Crippen molar-refractivity contribution in [3.05, 3.63) is 149 Å². The van der Waals surface area contributed by atoms with E-state index in [-0.39, 0.29) is 0 Å². The standard InChI is InChI=1S/C32H25N3S/c1-33-26-17-19-28-30(21-26)36-31-22-27(18-20-29(31)34-28)35-32(23-11-5-2-6-12-23,24-13-7-3-8-14-24)25-15-9-4-10-16-25/h2-22,35H,1H3. The van der Waals surface area contributed by atoms with Crippen molar-refractivity contribution in [2.24, 2.45) is 4.99 Å². The fraction of sp³-hybridized carbons (Fsp3) is 0.0625. The molecule has 1 heterocycles. The quantitative estimate of drug-likeness (QED) is 0.206. The van der Waals surface area contributed by atoms with Crippen molar-refractivity contribution in [2.75, 3.05) is 12.4 Å². The molecule has 2 aliphatic rings. The lowest BCUT2D eigenvalue weighted by molar-refractivity contribution is 0.712. The summed E-state index contributed by atoms with van der Waals surface area (Å²) in [4.78, 5) is 10.4. The number of benzene rings is 5. The molecule has 3 nitrogen and oxygen atoms in total. The van der Waals surface area contributed by atoms with E-state index in [0.717, 1.165) is 31.8 Å². The smallest absolute Gasteiger partial charge is 0.114 e. The predicted octanol–water partition coefficient (Wildman–Crippen LogP) is 7.34. The van der Waals surface area contributed by atoms with Gasteiger partial charge in [-0.15, -0.1) is 11.3 Å². The average Bonchev–Trinajstić information content (AvgIpc) is 2.96. The van der Waals surface area contributed by atoms with Crippen molar-refractivity contribution < 1.29 is 0 Å². The summed E-state index contributed by atoms with van der Waals surface area (Å²) in [6.45, 7) is 0. The van der Waals surface area contributed by atoms with Gasteiger partial charge in [-0.25, -0.2) is 4.98 Å². The number of hydrogen-bond acceptors (Lipinski definition) is 4. The second kappa shape index (κ2) is 9.40. The summed E-state index contributed by atoms with van der Waals surface area (Å²) in [5.74, 6) is 0. The number of anilines is 1. The Kier molecular flexibility index (Phi) is 5.80. The number of aromatic nitrogens is 1. The normalized spacial score (nSPS) is 12.2. The Hall–Kier alpha value is -4.28. The topological polar surface area (TPSA) is 37.3 Å². The van der Waals surface area contributed by atoms with Crippen molar-refractivity contribution in [1.29, 1.82) is 0 Å². The number of nitrogens with zero attached hydrogens (tertiary/aromatic N) is 2. The van der Waals surface area contributed by atoms with E-state index in [0.29, 0.717) is 0 Å². The van der Waals surface area contributed by atoms with Crippen molar-refractivity contribution in [3.8, 4) is 10.6 Å². The monoisotopic (exact) mass is 483 g/mol. The molecule has 0 unspecified atom stereocenters. The summed E-state index contributed by atoms with van der Waals surface area (Å²) in [6, 6.07) is 44.6. The minimum atomic E-state index is -0.569. The molecule has 4 aromatic rings. The van der Waals surface area contributed by atoms with Crippen LogP contribution in [0.5, 0.6) is 0 Å². The SMILES string of the molecule is CN=c1ccc2nc3ccc(NC(c4ccccc4)(c4ccccc4)c4ccccc4)cc3sc-2c1. The van der Waals surface area contributed by atoms with Gasteiger partial charge in [0.25, 0.3) is 0 Å². The number of hydrogen-bond donors (Lipinski definition) is 1. The predicted molar refractivity (Wildman–Crippen MR) is 151 cm³/mol. The first-order valence-electron chi connectivity index (χ1n) is 12.0. The van der Waals surface area contributed by atoms with Gasteiger partial charge in [0.2, 0.25) is 0 Å². The maximum atomic E-state index is 4.91. The van der Waals surface area contributed by atoms with Gasteiger partial charge in [0, 0.05) is 12.7 Å². The molecule has 174 valence electrons. The van der Waals surface area contributed by atoms with Crippen LogP contribution in [-0.4, -0.2) is 12.0 Å². The molecule has 6 rings (SSSR count). The molecule has 1 aliphatic carbocycles. The number of rotatable bonds is 5. The van der Waals surface area contributed by atoms with E-state index >= 15 is 0 Å². The first kappa shape index (κ1) is 22.2. The molecule has 0 spiro atoms. The van der Waals surface area contributed by atoms with Crippen molar-refractivity contribution in [3.63, 3.8) is 0 Å². The zero-order valence-electron chi connectivity index (χ0n) is 19.9. The molecule has 0 aromatic heterocycles. The van der Waals surface area contributed by atoms with E-state index in [1.807, 2.05) is 19.2 Å². The fourth-order valence-corrected chi connectivity index (χ4v) is 5.87. The van der Waals surface area contributed by atoms with Gasteiger partial charge >= 0.3 is 0 Å². The molecule has 4 aromatic carbocycles. The van der Waals surface area contributed by atoms with E-state index in [1.165, 1.54) is 16.7 Å². The van der Waals surface area contributed by atoms with Crippen LogP contribution < -0.4 is 10.7 Å². The van der Waals surface area contributed by atoms with Gasteiger partial charge in [0.05, 0.1) is 26.1 Å². The van der Waals surface area contributed by atoms with Gasteiger partial charge in [0.1, 0.15) is 5.54 Å². The van der Waals surface area contributed by atoms with Crippen LogP contribution in [0.1, 0.15) is 16.7 Å². The molecule has 36 heavy (non-hydrogen) atoms. The average molecular weight is 484 g/mol. The minimum absolute atomic E-state index is 0.569. The lowest BCUT2D eigenvalue weighted by Crippen LogP contribution is -2.38. The molecule has 0 saturated heterocycles. The van der Waals surface area contributed by atoms with Crippen LogP contribution in [0.25, 0.3) is 20.8 Å². The Morgan fingerprint density at radius 2 is 1.25 bits per heavy atom. The highest BCUT2D eigenvalue weighted by Gasteiger charge is 2.36. The molecule has 1 N–H and O–H groups in total. The Balaban J connectivity index is 1.57. The highest BCUT2D eigenvalue weighted by atomic mass is 32.1. The van der Waals surface area contributed by atoms with Crippen molar-refractivity contribution >= 4 is 27.2 Å². The van der Waals surface area contributed by atoms with Gasteiger partial charge in [-0.3, -0.25) is 4.99 Å². The Morgan fingerprint density at radius 1 is 0.667 bits per heavy atom. The summed E-state index contributed by atoms with van der Waals surface area (Å²) in [5.41, 5.74) is 5.98. The largest absolute Gasteiger partial charge is 0.368 e. The molecule has 4 heteroatoms. The van der Waals surface area contributed by atoms with Crippen LogP contribution in [0.2, 0.25) is 0 Å². The van der Waals surface area contributed by atoms with Crippen LogP contribution >= 0.6 is 11.3 Å². The maximum absolute atomic E-state index is 4.91. The lowest BCUT2D eigenvalue weighted by atomic mass is 9.77. The lowest BCUT2D eigenvalue weighted by Gasteiger charge is -2.38. The van der Waals surface area contributed by atoms with Gasteiger partial charge < -0.3 is 5.32 Å². The van der Waals surface area contributed by atoms with Crippen LogP contribution in [0.4, 0.5) is 5.69 Å². The molecule has 0 bridgehead atoms. The van der Waals surface area contributed by atoms with E-state index in [1.54, 1.807) is 11.3 Å². The molecule has 0 amide bonds. The summed E-state index contributed by atoms with van der Waals surface area (Å²) in [6.07, 6.45) is 0. The molecule has 0 atom stereocenters. The third-order valence-corrected chi connectivity index (χ3v) is 7.67. The van der Waals surface area contributed by atoms with Gasteiger partial charge in [-0.05, 0) is 53.1 Å². The fourth-order valence-electron chi connectivity index (χ4n) is 4.83. The third-order valence-electron chi connectivity index (χ3n) is 6.57. The number of nitrogens with one attached hydrogen (secondary N) is 1. The molecular weight excluding hydrogens is 458 g/mol. The van der Waals surface area contributed by atoms with E-state index in [4.69, 9.17) is 4.98 Å². The molecule has 0 fully saturated rings. The molecule has 0 radical (unpaired) electrons. The molecule has 1 aliphatic heterocycles. The Labute approximate surface area is 214 Å². The summed E-state index contributed by atoms with van der Waals surface area (Å²) in [7, 11) is 1.82. The second-order valence-corrected chi connectivity index (χ2v) is 9.83. The maximum Gasteiger partial charge on any atom is 0.114 e. The summed E-state index contributed by atoms with van der Waals surface area (Å²) in [5, 5.41) is 4.93. The highest BCUT2D eigenvalue weighted by Crippen LogP contribution is 2.41. The first-order valence-corrected chi connectivity index (χ1v) is 12.8. The third kappa shape index (κ3) is 3.96. The van der Waals surface area contributed by atoms with Crippen molar-refractivity contribution in [2.45, 2.75) is 5.54 Å². The van der Waals surface area contributed by atoms with Crippen LogP contribution in [0, 0.1) is 0 Å². The Bertz CT molecular complexity index is 1560. The second-order valence-electron chi connectivity index (χ2n) is 8.75. The molecular formula is C32H25N3S. The van der Waals surface area contributed by atoms with Gasteiger partial charge in [-0.2, -0.15) is 0 Å². The molecule has 0 saturated carbocycles. The van der Waals surface area contributed by atoms with E-state index < -0.39 is 5.54 Å². The highest BCUT2D eigenvalue weighted by molar-refractivity contribution is 7.21. The van der Waals surface area contributed by atoms with Crippen LogP contribution in [0.3, 0.4) is 0 Å². The van der Waals surface area contributed by atoms with Gasteiger partial charge in [-0.1, -0.05) is 91.0 Å². The van der Waals surface area contributed by atoms with E-state index in [9.17, 15) is 0 Å². The summed E-state index contributed by atoms with van der Waals surface area (Å²) >= 11 is 1.75. The first-order chi connectivity index (χ1) is 17.8. The Morgan fingerprint density at radius 3 is 1.81 bits per heavy atom. The number of fused-ring (bicyclic) bond motifs is 2. The van der Waals surface area contributed by atoms with E-state index in [2.05, 4.69) is 126 Å². The zero-order valence-corrected chi connectivity index (χ0v) is 20.7. The summed E-state index contributed by atoms with van der Waals surface area (Å²) < 4.78 is 1.13. The van der Waals surface area contributed by atoms with Gasteiger partial charge in [0.15, 0.2) is 0 Å². The minimum Gasteiger partial charge on any atom is -0.368 e. The van der Waals surface area contributed by atoms with Crippen LogP contribution in [0.15, 0.2) is 132 Å². The van der Waals surface area contributed by atoms with Crippen molar-refractivity contribution in [1.82, 2.24) is 4.98 Å². The zero-order chi connectivity index (χ0) is 24.4. The van der Waals surface area contributed by atoms with Crippen LogP contribution in [-0.2, 0) is 5.54 Å².